The van der Waals surface area contributed by atoms with Crippen molar-refractivity contribution in [1.82, 2.24) is 14.7 Å². The van der Waals surface area contributed by atoms with Gasteiger partial charge in [0.05, 0.1) is 11.8 Å². The highest BCUT2D eigenvalue weighted by molar-refractivity contribution is 6.02. The number of nitrogens with one attached hydrogen (secondary N) is 1. The zero-order chi connectivity index (χ0) is 24.7. The number of hydrogen-bond donors (Lipinski definition) is 3. The fourth-order valence-electron chi connectivity index (χ4n) is 4.89. The molecule has 0 unspecified atom stereocenters. The summed E-state index contributed by atoms with van der Waals surface area (Å²) in [6, 6.07) is 14.8. The number of aliphatic hydroxyl groups is 1. The first-order valence-electron chi connectivity index (χ1n) is 11.2. The number of anilines is 1. The summed E-state index contributed by atoms with van der Waals surface area (Å²) in [6.45, 7) is -0.0282. The lowest BCUT2D eigenvalue weighted by atomic mass is 9.98. The quantitative estimate of drug-likeness (QED) is 0.515. The van der Waals surface area contributed by atoms with Gasteiger partial charge in [-0.25, -0.2) is 9.59 Å². The fourth-order valence-corrected chi connectivity index (χ4v) is 4.89. The van der Waals surface area contributed by atoms with Crippen molar-refractivity contribution in [3.63, 3.8) is 0 Å². The fraction of sp³-hybridized carbons (Fsp3) is 0.280. The first kappa shape index (κ1) is 22.6. The van der Waals surface area contributed by atoms with Crippen LogP contribution in [0.2, 0.25) is 0 Å². The summed E-state index contributed by atoms with van der Waals surface area (Å²) < 4.78 is 6.89. The Labute approximate surface area is 200 Å². The molecule has 1 aliphatic carbocycles. The summed E-state index contributed by atoms with van der Waals surface area (Å²) in [6.07, 6.45) is -0.326. The summed E-state index contributed by atoms with van der Waals surface area (Å²) in [5.74, 6) is -2.02. The van der Waals surface area contributed by atoms with Gasteiger partial charge in [0.15, 0.2) is 5.69 Å². The summed E-state index contributed by atoms with van der Waals surface area (Å²) in [7, 11) is 1.58. The molecule has 1 saturated heterocycles. The minimum atomic E-state index is -1.21. The van der Waals surface area contributed by atoms with Gasteiger partial charge in [-0.15, -0.1) is 0 Å². The van der Waals surface area contributed by atoms with Crippen LogP contribution in [0.1, 0.15) is 34.0 Å². The Balaban J connectivity index is 1.31. The van der Waals surface area contributed by atoms with Crippen LogP contribution in [0.25, 0.3) is 11.1 Å². The van der Waals surface area contributed by atoms with Gasteiger partial charge in [0.25, 0.3) is 5.91 Å². The number of carbonyl (C=O) groups excluding carboxylic acids is 2. The number of β-amino-alcohol motifs (C(OH)–C–C–N with tert-alkyl or cyclic N) is 1. The monoisotopic (exact) mass is 476 g/mol. The number of likely N-dealkylation sites (tertiary alicyclic amines) is 1. The van der Waals surface area contributed by atoms with E-state index >= 15 is 0 Å². The van der Waals surface area contributed by atoms with Crippen LogP contribution in [-0.4, -0.2) is 68.2 Å². The lowest BCUT2D eigenvalue weighted by Gasteiger charge is -2.20. The number of carbonyl (C=O) groups is 3. The Kier molecular flexibility index (Phi) is 5.73. The van der Waals surface area contributed by atoms with E-state index in [4.69, 9.17) is 4.74 Å². The van der Waals surface area contributed by atoms with Gasteiger partial charge in [-0.05, 0) is 22.3 Å². The molecule has 2 atom stereocenters. The average Bonchev–Trinajstić information content (AvgIpc) is 3.50. The van der Waals surface area contributed by atoms with E-state index in [9.17, 15) is 24.6 Å². The third-order valence-electron chi connectivity index (χ3n) is 6.44. The number of aliphatic hydroxyl groups excluding tert-OH is 1. The molecule has 0 bridgehead atoms. The van der Waals surface area contributed by atoms with E-state index in [1.54, 1.807) is 7.05 Å². The maximum absolute atomic E-state index is 13.0. The van der Waals surface area contributed by atoms with Crippen LogP contribution in [0, 0.1) is 0 Å². The molecule has 3 N–H and O–H groups in total. The molecule has 2 aromatic carbocycles. The minimum Gasteiger partial charge on any atom is -0.480 e. The Hall–Kier alpha value is -4.18. The predicted octanol–water partition coefficient (Wildman–Crippen LogP) is 2.44. The van der Waals surface area contributed by atoms with Gasteiger partial charge in [-0.3, -0.25) is 14.8 Å². The van der Waals surface area contributed by atoms with Crippen molar-refractivity contribution in [1.29, 1.82) is 0 Å². The van der Waals surface area contributed by atoms with Crippen molar-refractivity contribution < 1.29 is 29.3 Å². The third-order valence-corrected chi connectivity index (χ3v) is 6.44. The third kappa shape index (κ3) is 4.12. The highest BCUT2D eigenvalue weighted by Crippen LogP contribution is 2.44. The van der Waals surface area contributed by atoms with Gasteiger partial charge in [0.1, 0.15) is 12.6 Å². The maximum atomic E-state index is 13.0. The number of aliphatic carboxylic acids is 1. The van der Waals surface area contributed by atoms with Gasteiger partial charge < -0.3 is 19.8 Å². The van der Waals surface area contributed by atoms with Crippen molar-refractivity contribution in [2.24, 2.45) is 7.05 Å². The standard InChI is InChI=1S/C25H24N4O6/c1-28-12-20(22(27-28)23(31)29-11-14(30)10-21(29)24(32)33)26-25(34)35-13-19-17-8-4-2-6-15(17)16-7-3-5-9-18(16)19/h2-9,12,14,19,21,30H,10-11,13H2,1H3,(H,26,34)(H,32,33)/t14-,21-/m1/s1. The first-order valence-corrected chi connectivity index (χ1v) is 11.2. The number of aromatic nitrogens is 2. The first-order chi connectivity index (χ1) is 16.8. The smallest absolute Gasteiger partial charge is 0.411 e. The molecule has 35 heavy (non-hydrogen) atoms. The molecule has 10 heteroatoms. The van der Waals surface area contributed by atoms with Gasteiger partial charge in [-0.1, -0.05) is 48.5 Å². The normalized spacial score (nSPS) is 18.7. The number of fused-ring (bicyclic) bond motifs is 3. The van der Waals surface area contributed by atoms with Crippen LogP contribution in [-0.2, 0) is 16.6 Å². The maximum Gasteiger partial charge on any atom is 0.411 e. The zero-order valence-electron chi connectivity index (χ0n) is 18.9. The molecule has 180 valence electrons. The highest BCUT2D eigenvalue weighted by atomic mass is 16.5. The molecule has 2 aliphatic rings. The number of rotatable bonds is 5. The molecule has 0 saturated carbocycles. The van der Waals surface area contributed by atoms with E-state index in [1.165, 1.54) is 10.9 Å². The average molecular weight is 476 g/mol. The number of amides is 2. The number of benzene rings is 2. The Morgan fingerprint density at radius 3 is 2.34 bits per heavy atom. The molecule has 1 aliphatic heterocycles. The van der Waals surface area contributed by atoms with E-state index in [-0.39, 0.29) is 36.9 Å². The largest absolute Gasteiger partial charge is 0.480 e. The lowest BCUT2D eigenvalue weighted by Crippen LogP contribution is -2.41. The van der Waals surface area contributed by atoms with Gasteiger partial charge >= 0.3 is 12.1 Å². The van der Waals surface area contributed by atoms with Crippen molar-refractivity contribution >= 4 is 23.7 Å². The van der Waals surface area contributed by atoms with Crippen molar-refractivity contribution in [2.75, 3.05) is 18.5 Å². The number of carboxylic acids is 1. The Morgan fingerprint density at radius 2 is 1.71 bits per heavy atom. The van der Waals surface area contributed by atoms with Crippen LogP contribution in [0.5, 0.6) is 0 Å². The number of carboxylic acid groups (broad SMARTS) is 1. The number of aryl methyl sites for hydroxylation is 1. The molecular formula is C25H24N4O6. The van der Waals surface area contributed by atoms with Crippen molar-refractivity contribution in [3.8, 4) is 11.1 Å². The van der Waals surface area contributed by atoms with Crippen LogP contribution in [0.15, 0.2) is 54.7 Å². The lowest BCUT2D eigenvalue weighted by molar-refractivity contribution is -0.141. The number of hydrogen-bond acceptors (Lipinski definition) is 6. The zero-order valence-corrected chi connectivity index (χ0v) is 18.9. The topological polar surface area (TPSA) is 134 Å². The summed E-state index contributed by atoms with van der Waals surface area (Å²) in [5.41, 5.74) is 4.34. The summed E-state index contributed by atoms with van der Waals surface area (Å²) in [5, 5.41) is 26.0. The number of ether oxygens (including phenoxy) is 1. The SMILES string of the molecule is Cn1cc(NC(=O)OCC2c3ccccc3-c3ccccc32)c(C(=O)N2C[C@H](O)C[C@@H]2C(=O)O)n1. The second kappa shape index (κ2) is 8.88. The summed E-state index contributed by atoms with van der Waals surface area (Å²) in [4.78, 5) is 38.3. The van der Waals surface area contributed by atoms with Crippen LogP contribution >= 0.6 is 0 Å². The van der Waals surface area contributed by atoms with Crippen LogP contribution < -0.4 is 5.32 Å². The minimum absolute atomic E-state index is 0.0664. The second-order valence-corrected chi connectivity index (χ2v) is 8.72. The van der Waals surface area contributed by atoms with E-state index in [2.05, 4.69) is 10.4 Å². The Bertz CT molecular complexity index is 1270. The molecule has 0 radical (unpaired) electrons. The molecule has 1 fully saturated rings. The molecule has 0 spiro atoms. The molecule has 2 heterocycles. The van der Waals surface area contributed by atoms with Crippen molar-refractivity contribution in [2.45, 2.75) is 24.5 Å². The Morgan fingerprint density at radius 1 is 1.09 bits per heavy atom. The van der Waals surface area contributed by atoms with Gasteiger partial charge in [-0.2, -0.15) is 5.10 Å². The van der Waals surface area contributed by atoms with E-state index in [1.807, 2.05) is 48.5 Å². The van der Waals surface area contributed by atoms with Crippen LogP contribution in [0.4, 0.5) is 10.5 Å². The summed E-state index contributed by atoms with van der Waals surface area (Å²) >= 11 is 0. The van der Waals surface area contributed by atoms with E-state index in [0.29, 0.717) is 0 Å². The van der Waals surface area contributed by atoms with Crippen molar-refractivity contribution in [3.05, 3.63) is 71.5 Å². The second-order valence-electron chi connectivity index (χ2n) is 8.72. The highest BCUT2D eigenvalue weighted by Gasteiger charge is 2.41. The predicted molar refractivity (Wildman–Crippen MR) is 125 cm³/mol. The molecule has 5 rings (SSSR count). The van der Waals surface area contributed by atoms with Crippen LogP contribution in [0.3, 0.4) is 0 Å². The molecular weight excluding hydrogens is 452 g/mol. The van der Waals surface area contributed by atoms with Gasteiger partial charge in [0.2, 0.25) is 0 Å². The van der Waals surface area contributed by atoms with E-state index in [0.717, 1.165) is 27.2 Å². The molecule has 2 amide bonds. The number of nitrogens with zero attached hydrogens (tertiary/aromatic N) is 3. The molecule has 10 nitrogen and oxygen atoms in total. The molecule has 1 aromatic heterocycles. The van der Waals surface area contributed by atoms with E-state index < -0.39 is 30.1 Å². The molecule has 3 aromatic rings. The van der Waals surface area contributed by atoms with Gasteiger partial charge in [0, 0.05) is 32.1 Å².